The molecule has 1 heterocycles. The Hall–Kier alpha value is -1.13. The summed E-state index contributed by atoms with van der Waals surface area (Å²) in [5.74, 6) is -0.220. The predicted octanol–water partition coefficient (Wildman–Crippen LogP) is 2.03. The molecule has 0 saturated carbocycles. The number of hydrogen-bond acceptors (Lipinski definition) is 3. The molecule has 3 N–H and O–H groups in total. The summed E-state index contributed by atoms with van der Waals surface area (Å²) >= 11 is 0. The number of rotatable bonds is 5. The quantitative estimate of drug-likeness (QED) is 0.843. The molecule has 1 fully saturated rings. The van der Waals surface area contributed by atoms with Gasteiger partial charge in [-0.25, -0.2) is 4.39 Å². The van der Waals surface area contributed by atoms with Crippen molar-refractivity contribution in [3.05, 3.63) is 29.6 Å². The lowest BCUT2D eigenvalue weighted by molar-refractivity contribution is 0.279. The van der Waals surface area contributed by atoms with E-state index in [0.717, 1.165) is 37.9 Å². The standard InChI is InChI=1S/C14H21FN2O/c15-14-9-13(6-5-11(14)10-16)17-7-1-3-12(17)4-2-8-18/h5-6,9,12,18H,1-4,7-8,10,16H2. The first-order valence-corrected chi connectivity index (χ1v) is 6.62. The lowest BCUT2D eigenvalue weighted by Gasteiger charge is -2.27. The summed E-state index contributed by atoms with van der Waals surface area (Å²) in [4.78, 5) is 2.25. The van der Waals surface area contributed by atoms with Crippen molar-refractivity contribution < 1.29 is 9.50 Å². The fraction of sp³-hybridized carbons (Fsp3) is 0.571. The second kappa shape index (κ2) is 6.16. The highest BCUT2D eigenvalue weighted by Crippen LogP contribution is 2.29. The van der Waals surface area contributed by atoms with Crippen LogP contribution < -0.4 is 10.6 Å². The number of aliphatic hydroxyl groups excluding tert-OH is 1. The normalized spacial score (nSPS) is 19.5. The molecule has 2 rings (SSSR count). The summed E-state index contributed by atoms with van der Waals surface area (Å²) in [5.41, 5.74) is 6.96. The molecular formula is C14H21FN2O. The molecule has 100 valence electrons. The summed E-state index contributed by atoms with van der Waals surface area (Å²) in [6, 6.07) is 5.73. The smallest absolute Gasteiger partial charge is 0.129 e. The van der Waals surface area contributed by atoms with Crippen molar-refractivity contribution >= 4 is 5.69 Å². The van der Waals surface area contributed by atoms with E-state index in [1.165, 1.54) is 0 Å². The Balaban J connectivity index is 2.12. The number of nitrogens with zero attached hydrogens (tertiary/aromatic N) is 1. The van der Waals surface area contributed by atoms with Crippen molar-refractivity contribution in [2.24, 2.45) is 5.73 Å². The van der Waals surface area contributed by atoms with Crippen molar-refractivity contribution in [2.75, 3.05) is 18.1 Å². The molecule has 1 aromatic carbocycles. The van der Waals surface area contributed by atoms with Crippen LogP contribution in [-0.4, -0.2) is 24.3 Å². The monoisotopic (exact) mass is 252 g/mol. The fourth-order valence-corrected chi connectivity index (χ4v) is 2.68. The van der Waals surface area contributed by atoms with E-state index < -0.39 is 0 Å². The minimum Gasteiger partial charge on any atom is -0.396 e. The maximum absolute atomic E-state index is 13.7. The van der Waals surface area contributed by atoms with Crippen LogP contribution in [0.15, 0.2) is 18.2 Å². The third-order valence-electron chi connectivity index (χ3n) is 3.66. The molecule has 0 amide bonds. The molecular weight excluding hydrogens is 231 g/mol. The van der Waals surface area contributed by atoms with Gasteiger partial charge in [-0.1, -0.05) is 6.07 Å². The zero-order valence-electron chi connectivity index (χ0n) is 10.6. The highest BCUT2D eigenvalue weighted by atomic mass is 19.1. The highest BCUT2D eigenvalue weighted by Gasteiger charge is 2.24. The summed E-state index contributed by atoms with van der Waals surface area (Å²) < 4.78 is 13.7. The molecule has 1 aromatic rings. The van der Waals surface area contributed by atoms with E-state index in [0.29, 0.717) is 11.6 Å². The third-order valence-corrected chi connectivity index (χ3v) is 3.66. The van der Waals surface area contributed by atoms with Crippen molar-refractivity contribution in [1.29, 1.82) is 0 Å². The molecule has 18 heavy (non-hydrogen) atoms. The first-order chi connectivity index (χ1) is 8.76. The van der Waals surface area contributed by atoms with Gasteiger partial charge < -0.3 is 15.7 Å². The molecule has 3 nitrogen and oxygen atoms in total. The molecule has 0 aromatic heterocycles. The van der Waals surface area contributed by atoms with Gasteiger partial charge in [-0.05, 0) is 37.8 Å². The van der Waals surface area contributed by atoms with Gasteiger partial charge in [0.1, 0.15) is 5.82 Å². The van der Waals surface area contributed by atoms with E-state index in [1.54, 1.807) is 12.1 Å². The molecule has 1 aliphatic rings. The van der Waals surface area contributed by atoms with E-state index in [1.807, 2.05) is 6.07 Å². The summed E-state index contributed by atoms with van der Waals surface area (Å²) in [6.45, 7) is 1.43. The Bertz CT molecular complexity index is 397. The van der Waals surface area contributed by atoms with Gasteiger partial charge in [0.05, 0.1) is 0 Å². The molecule has 0 bridgehead atoms. The lowest BCUT2D eigenvalue weighted by atomic mass is 10.1. The maximum atomic E-state index is 13.7. The average molecular weight is 252 g/mol. The van der Waals surface area contributed by atoms with Crippen LogP contribution in [-0.2, 0) is 6.54 Å². The maximum Gasteiger partial charge on any atom is 0.129 e. The van der Waals surface area contributed by atoms with Crippen molar-refractivity contribution in [2.45, 2.75) is 38.3 Å². The van der Waals surface area contributed by atoms with Crippen LogP contribution in [0.25, 0.3) is 0 Å². The molecule has 0 radical (unpaired) electrons. The SMILES string of the molecule is NCc1ccc(N2CCCC2CCCO)cc1F. The van der Waals surface area contributed by atoms with Gasteiger partial charge in [0.25, 0.3) is 0 Å². The second-order valence-corrected chi connectivity index (χ2v) is 4.84. The minimum absolute atomic E-state index is 0.220. The van der Waals surface area contributed by atoms with Crippen LogP contribution in [0.2, 0.25) is 0 Å². The van der Waals surface area contributed by atoms with Gasteiger partial charge in [0.2, 0.25) is 0 Å². The number of anilines is 1. The Morgan fingerprint density at radius 1 is 1.44 bits per heavy atom. The van der Waals surface area contributed by atoms with E-state index >= 15 is 0 Å². The predicted molar refractivity (Wildman–Crippen MR) is 71.0 cm³/mol. The largest absolute Gasteiger partial charge is 0.396 e. The molecule has 1 saturated heterocycles. The molecule has 1 unspecified atom stereocenters. The van der Waals surface area contributed by atoms with E-state index in [-0.39, 0.29) is 19.0 Å². The van der Waals surface area contributed by atoms with Gasteiger partial charge in [0.15, 0.2) is 0 Å². The second-order valence-electron chi connectivity index (χ2n) is 4.84. The Labute approximate surface area is 107 Å². The molecule has 1 atom stereocenters. The zero-order chi connectivity index (χ0) is 13.0. The first kappa shape index (κ1) is 13.3. The van der Waals surface area contributed by atoms with Crippen molar-refractivity contribution in [3.8, 4) is 0 Å². The van der Waals surface area contributed by atoms with Crippen molar-refractivity contribution in [1.82, 2.24) is 0 Å². The minimum atomic E-state index is -0.220. The summed E-state index contributed by atoms with van der Waals surface area (Å²) in [6.07, 6.45) is 4.04. The van der Waals surface area contributed by atoms with Crippen LogP contribution in [0.3, 0.4) is 0 Å². The topological polar surface area (TPSA) is 49.5 Å². The molecule has 4 heteroatoms. The van der Waals surface area contributed by atoms with Crippen LogP contribution in [0.1, 0.15) is 31.2 Å². The first-order valence-electron chi connectivity index (χ1n) is 6.62. The zero-order valence-corrected chi connectivity index (χ0v) is 10.6. The number of aliphatic hydroxyl groups is 1. The Morgan fingerprint density at radius 3 is 2.94 bits per heavy atom. The van der Waals surface area contributed by atoms with Crippen LogP contribution in [0.4, 0.5) is 10.1 Å². The van der Waals surface area contributed by atoms with Gasteiger partial charge in [-0.15, -0.1) is 0 Å². The number of benzene rings is 1. The van der Waals surface area contributed by atoms with Crippen LogP contribution in [0, 0.1) is 5.82 Å². The van der Waals surface area contributed by atoms with Crippen LogP contribution in [0.5, 0.6) is 0 Å². The highest BCUT2D eigenvalue weighted by molar-refractivity contribution is 5.50. The molecule has 0 spiro atoms. The van der Waals surface area contributed by atoms with Gasteiger partial charge in [-0.2, -0.15) is 0 Å². The number of hydrogen-bond donors (Lipinski definition) is 2. The molecule has 0 aliphatic carbocycles. The fourth-order valence-electron chi connectivity index (χ4n) is 2.68. The van der Waals surface area contributed by atoms with E-state index in [4.69, 9.17) is 10.8 Å². The van der Waals surface area contributed by atoms with E-state index in [9.17, 15) is 4.39 Å². The lowest BCUT2D eigenvalue weighted by Crippen LogP contribution is -2.29. The van der Waals surface area contributed by atoms with Gasteiger partial charge in [0, 0.05) is 37.0 Å². The average Bonchev–Trinajstić information content (AvgIpc) is 2.84. The number of halogens is 1. The molecule has 1 aliphatic heterocycles. The summed E-state index contributed by atoms with van der Waals surface area (Å²) in [7, 11) is 0. The number of nitrogens with two attached hydrogens (primary N) is 1. The van der Waals surface area contributed by atoms with E-state index in [2.05, 4.69) is 4.90 Å². The van der Waals surface area contributed by atoms with Gasteiger partial charge in [-0.3, -0.25) is 0 Å². The Kier molecular flexibility index (Phi) is 4.55. The Morgan fingerprint density at radius 2 is 2.28 bits per heavy atom. The van der Waals surface area contributed by atoms with Crippen LogP contribution >= 0.6 is 0 Å². The third kappa shape index (κ3) is 2.82. The van der Waals surface area contributed by atoms with Crippen molar-refractivity contribution in [3.63, 3.8) is 0 Å². The summed E-state index contributed by atoms with van der Waals surface area (Å²) in [5, 5.41) is 8.90. The van der Waals surface area contributed by atoms with Gasteiger partial charge >= 0.3 is 0 Å².